The summed E-state index contributed by atoms with van der Waals surface area (Å²) in [6.45, 7) is 0.776. The highest BCUT2D eigenvalue weighted by Gasteiger charge is 2.22. The van der Waals surface area contributed by atoms with Crippen molar-refractivity contribution in [2.24, 2.45) is 5.92 Å². The third kappa shape index (κ3) is 3.85. The van der Waals surface area contributed by atoms with Gasteiger partial charge in [-0.25, -0.2) is 4.98 Å². The number of ether oxygens (including phenoxy) is 1. The SMILES string of the molecule is O=C(O)CCc1cc(-c2cccc(OCC3CC3)c2)nc2ccccc12. The Bertz CT molecular complexity index is 947. The van der Waals surface area contributed by atoms with Crippen molar-refractivity contribution < 1.29 is 14.6 Å². The monoisotopic (exact) mass is 347 g/mol. The molecule has 0 aliphatic heterocycles. The van der Waals surface area contributed by atoms with E-state index in [2.05, 4.69) is 0 Å². The quantitative estimate of drug-likeness (QED) is 0.672. The van der Waals surface area contributed by atoms with Gasteiger partial charge in [0.15, 0.2) is 0 Å². The summed E-state index contributed by atoms with van der Waals surface area (Å²) in [5.41, 5.74) is 3.73. The third-order valence-corrected chi connectivity index (χ3v) is 4.72. The third-order valence-electron chi connectivity index (χ3n) is 4.72. The summed E-state index contributed by atoms with van der Waals surface area (Å²) in [4.78, 5) is 15.8. The first-order chi connectivity index (χ1) is 12.7. The summed E-state index contributed by atoms with van der Waals surface area (Å²) in [5, 5.41) is 10.1. The van der Waals surface area contributed by atoms with E-state index in [1.54, 1.807) is 0 Å². The van der Waals surface area contributed by atoms with E-state index in [-0.39, 0.29) is 6.42 Å². The highest BCUT2D eigenvalue weighted by molar-refractivity contribution is 5.85. The molecular formula is C22H21NO3. The van der Waals surface area contributed by atoms with Gasteiger partial charge in [-0.05, 0) is 55.0 Å². The number of aromatic nitrogens is 1. The number of carbonyl (C=O) groups is 1. The van der Waals surface area contributed by atoms with Gasteiger partial charge < -0.3 is 9.84 Å². The summed E-state index contributed by atoms with van der Waals surface area (Å²) < 4.78 is 5.88. The molecule has 0 atom stereocenters. The fourth-order valence-electron chi connectivity index (χ4n) is 3.09. The summed E-state index contributed by atoms with van der Waals surface area (Å²) in [6, 6.07) is 17.9. The van der Waals surface area contributed by atoms with Crippen LogP contribution in [0.1, 0.15) is 24.8 Å². The van der Waals surface area contributed by atoms with Gasteiger partial charge in [0.1, 0.15) is 5.75 Å². The molecule has 1 heterocycles. The van der Waals surface area contributed by atoms with Gasteiger partial charge in [-0.3, -0.25) is 4.79 Å². The molecule has 0 spiro atoms. The topological polar surface area (TPSA) is 59.4 Å². The standard InChI is InChI=1S/C22H21NO3/c24-22(25)11-10-16-13-21(23-20-7-2-1-6-19(16)20)17-4-3-5-18(12-17)26-14-15-8-9-15/h1-7,12-13,15H,8-11,14H2,(H,24,25). The first-order valence-corrected chi connectivity index (χ1v) is 9.03. The van der Waals surface area contributed by atoms with Gasteiger partial charge in [0.25, 0.3) is 0 Å². The number of nitrogens with zero attached hydrogens (tertiary/aromatic N) is 1. The Kier molecular flexibility index (Phi) is 4.57. The molecule has 132 valence electrons. The molecule has 4 heteroatoms. The molecular weight excluding hydrogens is 326 g/mol. The van der Waals surface area contributed by atoms with Crippen LogP contribution in [0.4, 0.5) is 0 Å². The first kappa shape index (κ1) is 16.6. The van der Waals surface area contributed by atoms with Crippen molar-refractivity contribution in [3.8, 4) is 17.0 Å². The van der Waals surface area contributed by atoms with Crippen LogP contribution in [0.25, 0.3) is 22.2 Å². The maximum Gasteiger partial charge on any atom is 0.303 e. The minimum absolute atomic E-state index is 0.109. The number of para-hydroxylation sites is 1. The second-order valence-corrected chi connectivity index (χ2v) is 6.86. The maximum absolute atomic E-state index is 11.0. The number of benzene rings is 2. The van der Waals surface area contributed by atoms with Crippen LogP contribution in [-0.4, -0.2) is 22.7 Å². The molecule has 1 fully saturated rings. The molecule has 0 saturated heterocycles. The molecule has 0 unspecified atom stereocenters. The fourth-order valence-corrected chi connectivity index (χ4v) is 3.09. The lowest BCUT2D eigenvalue weighted by molar-refractivity contribution is -0.136. The second kappa shape index (κ2) is 7.16. The van der Waals surface area contributed by atoms with Crippen molar-refractivity contribution in [1.29, 1.82) is 0 Å². The number of carboxylic acids is 1. The number of pyridine rings is 1. The predicted molar refractivity (Wildman–Crippen MR) is 101 cm³/mol. The molecule has 4 nitrogen and oxygen atoms in total. The largest absolute Gasteiger partial charge is 0.493 e. The number of aryl methyl sites for hydroxylation is 1. The molecule has 2 aromatic carbocycles. The fraction of sp³-hybridized carbons (Fsp3) is 0.273. The summed E-state index contributed by atoms with van der Waals surface area (Å²) >= 11 is 0. The lowest BCUT2D eigenvalue weighted by atomic mass is 10.0. The maximum atomic E-state index is 11.0. The van der Waals surface area contributed by atoms with Gasteiger partial charge >= 0.3 is 5.97 Å². The highest BCUT2D eigenvalue weighted by Crippen LogP contribution is 2.31. The van der Waals surface area contributed by atoms with Gasteiger partial charge in [0.2, 0.25) is 0 Å². The number of hydrogen-bond acceptors (Lipinski definition) is 3. The molecule has 1 N–H and O–H groups in total. The van der Waals surface area contributed by atoms with Crippen LogP contribution < -0.4 is 4.74 Å². The average Bonchev–Trinajstić information content (AvgIpc) is 3.49. The Morgan fingerprint density at radius 1 is 1.12 bits per heavy atom. The van der Waals surface area contributed by atoms with Crippen LogP contribution in [0, 0.1) is 5.92 Å². The van der Waals surface area contributed by atoms with E-state index in [4.69, 9.17) is 14.8 Å². The molecule has 1 aliphatic carbocycles. The Labute approximate surface area is 152 Å². The lowest BCUT2D eigenvalue weighted by Gasteiger charge is -2.11. The van der Waals surface area contributed by atoms with E-state index in [1.165, 1.54) is 12.8 Å². The van der Waals surface area contributed by atoms with Crippen LogP contribution in [0.3, 0.4) is 0 Å². The van der Waals surface area contributed by atoms with E-state index in [9.17, 15) is 4.79 Å². The summed E-state index contributed by atoms with van der Waals surface area (Å²) in [6.07, 6.45) is 3.12. The van der Waals surface area contributed by atoms with Crippen LogP contribution >= 0.6 is 0 Å². The number of carboxylic acid groups (broad SMARTS) is 1. The molecule has 1 saturated carbocycles. The number of aliphatic carboxylic acids is 1. The Hall–Kier alpha value is -2.88. The average molecular weight is 347 g/mol. The van der Waals surface area contributed by atoms with Crippen LogP contribution in [-0.2, 0) is 11.2 Å². The second-order valence-electron chi connectivity index (χ2n) is 6.86. The van der Waals surface area contributed by atoms with Crippen LogP contribution in [0.2, 0.25) is 0 Å². The van der Waals surface area contributed by atoms with Gasteiger partial charge in [-0.1, -0.05) is 30.3 Å². The lowest BCUT2D eigenvalue weighted by Crippen LogP contribution is -2.00. The van der Waals surface area contributed by atoms with Gasteiger partial charge in [-0.2, -0.15) is 0 Å². The molecule has 4 rings (SSSR count). The molecule has 0 amide bonds. The van der Waals surface area contributed by atoms with E-state index >= 15 is 0 Å². The smallest absolute Gasteiger partial charge is 0.303 e. The number of rotatable bonds is 7. The number of hydrogen-bond donors (Lipinski definition) is 1. The molecule has 26 heavy (non-hydrogen) atoms. The van der Waals surface area contributed by atoms with Crippen LogP contribution in [0.15, 0.2) is 54.6 Å². The highest BCUT2D eigenvalue weighted by atomic mass is 16.5. The normalized spacial score (nSPS) is 13.7. The van der Waals surface area contributed by atoms with Crippen molar-refractivity contribution in [2.75, 3.05) is 6.61 Å². The summed E-state index contributed by atoms with van der Waals surface area (Å²) in [7, 11) is 0. The molecule has 1 aliphatic rings. The van der Waals surface area contributed by atoms with Crippen LogP contribution in [0.5, 0.6) is 5.75 Å². The van der Waals surface area contributed by atoms with Gasteiger partial charge in [0.05, 0.1) is 17.8 Å². The molecule has 0 radical (unpaired) electrons. The van der Waals surface area contributed by atoms with E-state index in [0.717, 1.165) is 40.1 Å². The molecule has 0 bridgehead atoms. The van der Waals surface area contributed by atoms with E-state index in [1.807, 2.05) is 54.6 Å². The summed E-state index contributed by atoms with van der Waals surface area (Å²) in [5.74, 6) is 0.777. The molecule has 1 aromatic heterocycles. The zero-order valence-corrected chi connectivity index (χ0v) is 14.5. The van der Waals surface area contributed by atoms with E-state index < -0.39 is 5.97 Å². The zero-order valence-electron chi connectivity index (χ0n) is 14.5. The molecule has 3 aromatic rings. The predicted octanol–water partition coefficient (Wildman–Crippen LogP) is 4.71. The Balaban J connectivity index is 1.68. The Morgan fingerprint density at radius 2 is 1.96 bits per heavy atom. The Morgan fingerprint density at radius 3 is 2.77 bits per heavy atom. The van der Waals surface area contributed by atoms with Gasteiger partial charge in [0, 0.05) is 17.4 Å². The first-order valence-electron chi connectivity index (χ1n) is 9.03. The minimum atomic E-state index is -0.789. The van der Waals surface area contributed by atoms with Crippen molar-refractivity contribution in [3.63, 3.8) is 0 Å². The van der Waals surface area contributed by atoms with Crippen molar-refractivity contribution >= 4 is 16.9 Å². The van der Waals surface area contributed by atoms with Crippen molar-refractivity contribution in [1.82, 2.24) is 4.98 Å². The van der Waals surface area contributed by atoms with Crippen molar-refractivity contribution in [3.05, 3.63) is 60.2 Å². The van der Waals surface area contributed by atoms with Crippen molar-refractivity contribution in [2.45, 2.75) is 25.7 Å². The van der Waals surface area contributed by atoms with Gasteiger partial charge in [-0.15, -0.1) is 0 Å². The number of fused-ring (bicyclic) bond motifs is 1. The van der Waals surface area contributed by atoms with E-state index in [0.29, 0.717) is 12.3 Å². The minimum Gasteiger partial charge on any atom is -0.493 e. The zero-order chi connectivity index (χ0) is 17.9.